The van der Waals surface area contributed by atoms with Crippen molar-refractivity contribution in [2.24, 2.45) is 0 Å². The van der Waals surface area contributed by atoms with Crippen molar-refractivity contribution in [2.45, 2.75) is 6.92 Å². The molecule has 1 N–H and O–H groups in total. The lowest BCUT2D eigenvalue weighted by Gasteiger charge is -2.10. The number of benzene rings is 2. The van der Waals surface area contributed by atoms with Crippen LogP contribution in [0.2, 0.25) is 5.02 Å². The van der Waals surface area contributed by atoms with E-state index >= 15 is 0 Å². The molecule has 1 heterocycles. The van der Waals surface area contributed by atoms with Gasteiger partial charge in [0.25, 0.3) is 5.91 Å². The fourth-order valence-corrected chi connectivity index (χ4v) is 2.96. The fourth-order valence-electron chi connectivity index (χ4n) is 2.40. The van der Waals surface area contributed by atoms with Gasteiger partial charge in [0, 0.05) is 10.5 Å². The lowest BCUT2D eigenvalue weighted by molar-refractivity contribution is 0.0519. The molecule has 1 aromatic heterocycles. The summed E-state index contributed by atoms with van der Waals surface area (Å²) in [6, 6.07) is 15.6. The van der Waals surface area contributed by atoms with Crippen LogP contribution >= 0.6 is 27.5 Å². The number of hydrogen-bond donors (Lipinski definition) is 1. The number of carbonyl (C=O) groups is 2. The molecule has 0 atom stereocenters. The topological polar surface area (TPSA) is 73.2 Å². The smallest absolute Gasteiger partial charge is 0.358 e. The van der Waals surface area contributed by atoms with Gasteiger partial charge in [0.05, 0.1) is 22.9 Å². The predicted molar refractivity (Wildman–Crippen MR) is 107 cm³/mol. The van der Waals surface area contributed by atoms with Gasteiger partial charge in [-0.25, -0.2) is 9.48 Å². The van der Waals surface area contributed by atoms with Gasteiger partial charge in [0.2, 0.25) is 0 Å². The molecule has 6 nitrogen and oxygen atoms in total. The number of para-hydroxylation sites is 1. The molecule has 138 valence electrons. The molecule has 0 aliphatic rings. The molecule has 8 heteroatoms. The van der Waals surface area contributed by atoms with E-state index in [1.807, 2.05) is 30.3 Å². The van der Waals surface area contributed by atoms with Gasteiger partial charge in [-0.1, -0.05) is 45.7 Å². The zero-order valence-electron chi connectivity index (χ0n) is 14.3. The third-order valence-corrected chi connectivity index (χ3v) is 4.43. The Bertz CT molecular complexity index is 989. The maximum Gasteiger partial charge on any atom is 0.358 e. The highest BCUT2D eigenvalue weighted by atomic mass is 79.9. The number of ether oxygens (including phenoxy) is 1. The number of carbonyl (C=O) groups excluding carboxylic acids is 2. The minimum absolute atomic E-state index is 0.0938. The zero-order valence-corrected chi connectivity index (χ0v) is 16.6. The van der Waals surface area contributed by atoms with Crippen LogP contribution in [-0.4, -0.2) is 28.3 Å². The molecule has 0 saturated carbocycles. The highest BCUT2D eigenvalue weighted by molar-refractivity contribution is 9.10. The maximum absolute atomic E-state index is 12.7. The van der Waals surface area contributed by atoms with Crippen molar-refractivity contribution < 1.29 is 14.3 Å². The van der Waals surface area contributed by atoms with Gasteiger partial charge in [0.15, 0.2) is 5.69 Å². The van der Waals surface area contributed by atoms with E-state index < -0.39 is 11.9 Å². The molecule has 27 heavy (non-hydrogen) atoms. The third-order valence-electron chi connectivity index (χ3n) is 3.61. The van der Waals surface area contributed by atoms with Crippen LogP contribution in [0, 0.1) is 0 Å². The highest BCUT2D eigenvalue weighted by Gasteiger charge is 2.19. The van der Waals surface area contributed by atoms with Crippen molar-refractivity contribution in [3.63, 3.8) is 0 Å². The van der Waals surface area contributed by atoms with Crippen LogP contribution in [0.1, 0.15) is 27.8 Å². The van der Waals surface area contributed by atoms with Gasteiger partial charge < -0.3 is 10.1 Å². The predicted octanol–water partition coefficient (Wildman–Crippen LogP) is 4.72. The molecule has 0 radical (unpaired) electrons. The first-order valence-corrected chi connectivity index (χ1v) is 9.25. The van der Waals surface area contributed by atoms with E-state index in [4.69, 9.17) is 16.3 Å². The minimum atomic E-state index is -0.567. The van der Waals surface area contributed by atoms with Crippen molar-refractivity contribution in [1.82, 2.24) is 9.78 Å². The molecule has 0 unspecified atom stereocenters. The summed E-state index contributed by atoms with van der Waals surface area (Å²) in [5, 5.41) is 7.34. The molecule has 0 bridgehead atoms. The first-order valence-electron chi connectivity index (χ1n) is 8.08. The molecular weight excluding hydrogens is 434 g/mol. The van der Waals surface area contributed by atoms with E-state index in [1.165, 1.54) is 10.7 Å². The number of anilines is 1. The molecule has 3 rings (SSSR count). The number of hydrogen-bond acceptors (Lipinski definition) is 4. The second-order valence-electron chi connectivity index (χ2n) is 5.46. The van der Waals surface area contributed by atoms with Crippen molar-refractivity contribution in [2.75, 3.05) is 11.9 Å². The average Bonchev–Trinajstić information content (AvgIpc) is 3.08. The summed E-state index contributed by atoms with van der Waals surface area (Å²) < 4.78 is 7.19. The summed E-state index contributed by atoms with van der Waals surface area (Å²) in [7, 11) is 0. The van der Waals surface area contributed by atoms with Gasteiger partial charge in [-0.05, 0) is 37.3 Å². The lowest BCUT2D eigenvalue weighted by atomic mass is 10.2. The van der Waals surface area contributed by atoms with Crippen LogP contribution < -0.4 is 5.32 Å². The molecule has 0 aliphatic carbocycles. The van der Waals surface area contributed by atoms with E-state index in [0.29, 0.717) is 22.1 Å². The summed E-state index contributed by atoms with van der Waals surface area (Å²) >= 11 is 9.46. The molecule has 0 saturated heterocycles. The Morgan fingerprint density at radius 2 is 1.93 bits per heavy atom. The summed E-state index contributed by atoms with van der Waals surface area (Å²) in [4.78, 5) is 24.8. The standard InChI is InChI=1S/C19H15BrClN3O3/c1-2-27-19(26)16-11-17(24(23-16)13-6-4-3-5-7-13)22-18(25)14-10-12(20)8-9-15(14)21/h3-11H,2H2,1H3,(H,22,25). The van der Waals surface area contributed by atoms with Gasteiger partial charge in [-0.3, -0.25) is 4.79 Å². The van der Waals surface area contributed by atoms with Crippen molar-refractivity contribution in [3.8, 4) is 5.69 Å². The Morgan fingerprint density at radius 1 is 1.19 bits per heavy atom. The molecule has 3 aromatic rings. The van der Waals surface area contributed by atoms with Crippen LogP contribution in [0.5, 0.6) is 0 Å². The highest BCUT2D eigenvalue weighted by Crippen LogP contribution is 2.24. The Kier molecular flexibility index (Phi) is 5.93. The van der Waals surface area contributed by atoms with E-state index in [1.54, 1.807) is 25.1 Å². The minimum Gasteiger partial charge on any atom is -0.461 e. The maximum atomic E-state index is 12.7. The number of aromatic nitrogens is 2. The number of nitrogens with zero attached hydrogens (tertiary/aromatic N) is 2. The van der Waals surface area contributed by atoms with E-state index in [-0.39, 0.29) is 12.3 Å². The van der Waals surface area contributed by atoms with Crippen LogP contribution in [0.4, 0.5) is 5.82 Å². The number of esters is 1. The van der Waals surface area contributed by atoms with Crippen molar-refractivity contribution >= 4 is 45.2 Å². The Balaban J connectivity index is 1.99. The van der Waals surface area contributed by atoms with Crippen molar-refractivity contribution in [1.29, 1.82) is 0 Å². The number of nitrogens with one attached hydrogen (secondary N) is 1. The first kappa shape index (κ1) is 19.1. The number of rotatable bonds is 5. The average molecular weight is 449 g/mol. The largest absolute Gasteiger partial charge is 0.461 e. The van der Waals surface area contributed by atoms with Crippen LogP contribution in [0.25, 0.3) is 5.69 Å². The summed E-state index contributed by atoms with van der Waals surface area (Å²) in [6.45, 7) is 1.94. The quantitative estimate of drug-likeness (QED) is 0.573. The normalized spacial score (nSPS) is 10.5. The Morgan fingerprint density at radius 3 is 2.63 bits per heavy atom. The second-order valence-corrected chi connectivity index (χ2v) is 6.78. The molecule has 1 amide bonds. The fraction of sp³-hybridized carbons (Fsp3) is 0.105. The molecule has 0 aliphatic heterocycles. The summed E-state index contributed by atoms with van der Waals surface area (Å²) in [6.07, 6.45) is 0. The molecular formula is C19H15BrClN3O3. The van der Waals surface area contributed by atoms with Crippen molar-refractivity contribution in [3.05, 3.63) is 75.4 Å². The van der Waals surface area contributed by atoms with E-state index in [9.17, 15) is 9.59 Å². The second kappa shape index (κ2) is 8.37. The van der Waals surface area contributed by atoms with Gasteiger partial charge in [0.1, 0.15) is 5.82 Å². The van der Waals surface area contributed by atoms with Crippen LogP contribution in [0.15, 0.2) is 59.1 Å². The first-order chi connectivity index (χ1) is 13.0. The molecule has 2 aromatic carbocycles. The monoisotopic (exact) mass is 447 g/mol. The van der Waals surface area contributed by atoms with E-state index in [0.717, 1.165) is 4.47 Å². The SMILES string of the molecule is CCOC(=O)c1cc(NC(=O)c2cc(Br)ccc2Cl)n(-c2ccccc2)n1. The summed E-state index contributed by atoms with van der Waals surface area (Å²) in [5.74, 6) is -0.665. The number of halogens is 2. The summed E-state index contributed by atoms with van der Waals surface area (Å²) in [5.41, 5.74) is 1.07. The lowest BCUT2D eigenvalue weighted by Crippen LogP contribution is -2.15. The van der Waals surface area contributed by atoms with Gasteiger partial charge in [-0.15, -0.1) is 0 Å². The third kappa shape index (κ3) is 4.37. The van der Waals surface area contributed by atoms with Gasteiger partial charge >= 0.3 is 5.97 Å². The molecule has 0 spiro atoms. The Labute approximate surface area is 169 Å². The Hall–Kier alpha value is -2.64. The molecule has 0 fully saturated rings. The van der Waals surface area contributed by atoms with Crippen LogP contribution in [0.3, 0.4) is 0 Å². The van der Waals surface area contributed by atoms with Gasteiger partial charge in [-0.2, -0.15) is 5.10 Å². The number of amides is 1. The van der Waals surface area contributed by atoms with Crippen LogP contribution in [-0.2, 0) is 4.74 Å². The zero-order chi connectivity index (χ0) is 19.4. The van der Waals surface area contributed by atoms with E-state index in [2.05, 4.69) is 26.3 Å².